The number of amides is 1. The Bertz CT molecular complexity index is 412. The molecule has 1 aliphatic rings. The van der Waals surface area contributed by atoms with Gasteiger partial charge < -0.3 is 4.90 Å². The average Bonchev–Trinajstić information content (AvgIpc) is 2.27. The van der Waals surface area contributed by atoms with Gasteiger partial charge in [0.2, 0.25) is 5.91 Å². The number of hydrogen-bond acceptors (Lipinski definition) is 2. The lowest BCUT2D eigenvalue weighted by molar-refractivity contribution is -0.126. The number of aromatic nitrogens is 1. The maximum Gasteiger partial charge on any atom is 0.246 e. The van der Waals surface area contributed by atoms with Gasteiger partial charge in [0.25, 0.3) is 0 Å². The topological polar surface area (TPSA) is 33.2 Å². The zero-order valence-corrected chi connectivity index (χ0v) is 8.86. The molecule has 0 aliphatic carbocycles. The summed E-state index contributed by atoms with van der Waals surface area (Å²) in [6.07, 6.45) is 4.18. The monoisotopic (exact) mass is 202 g/mol. The molecule has 0 spiro atoms. The van der Waals surface area contributed by atoms with E-state index < -0.39 is 0 Å². The molecule has 0 bridgehead atoms. The summed E-state index contributed by atoms with van der Waals surface area (Å²) in [5, 5.41) is 0. The SMILES string of the molecule is C=CC(=O)N1CCc2cnc(C)cc2C1. The Labute approximate surface area is 89.4 Å². The molecule has 2 rings (SSSR count). The summed E-state index contributed by atoms with van der Waals surface area (Å²) in [5.41, 5.74) is 3.47. The molecule has 0 radical (unpaired) electrons. The maximum absolute atomic E-state index is 11.5. The molecule has 3 heteroatoms. The first-order valence-electron chi connectivity index (χ1n) is 5.06. The van der Waals surface area contributed by atoms with Gasteiger partial charge >= 0.3 is 0 Å². The molecule has 78 valence electrons. The van der Waals surface area contributed by atoms with E-state index in [0.717, 1.165) is 18.7 Å². The molecule has 1 aromatic rings. The summed E-state index contributed by atoms with van der Waals surface area (Å²) in [5.74, 6) is 0.00937. The van der Waals surface area contributed by atoms with Crippen LogP contribution >= 0.6 is 0 Å². The number of aryl methyl sites for hydroxylation is 1. The second kappa shape index (κ2) is 3.85. The van der Waals surface area contributed by atoms with Crippen molar-refractivity contribution in [3.63, 3.8) is 0 Å². The van der Waals surface area contributed by atoms with Crippen molar-refractivity contribution in [1.29, 1.82) is 0 Å². The Morgan fingerprint density at radius 3 is 3.13 bits per heavy atom. The van der Waals surface area contributed by atoms with E-state index in [4.69, 9.17) is 0 Å². The van der Waals surface area contributed by atoms with E-state index >= 15 is 0 Å². The number of hydrogen-bond donors (Lipinski definition) is 0. The molecule has 1 amide bonds. The molecule has 0 saturated heterocycles. The van der Waals surface area contributed by atoms with Crippen molar-refractivity contribution < 1.29 is 4.79 Å². The largest absolute Gasteiger partial charge is 0.335 e. The molecular formula is C12H14N2O. The molecule has 3 nitrogen and oxygen atoms in total. The highest BCUT2D eigenvalue weighted by Crippen LogP contribution is 2.18. The Balaban J connectivity index is 2.25. The molecule has 0 N–H and O–H groups in total. The van der Waals surface area contributed by atoms with Crippen molar-refractivity contribution in [3.05, 3.63) is 41.7 Å². The van der Waals surface area contributed by atoms with Gasteiger partial charge in [0.05, 0.1) is 0 Å². The van der Waals surface area contributed by atoms with Crippen LogP contribution in [0.1, 0.15) is 16.8 Å². The van der Waals surface area contributed by atoms with Crippen molar-refractivity contribution in [3.8, 4) is 0 Å². The number of nitrogens with zero attached hydrogens (tertiary/aromatic N) is 2. The highest BCUT2D eigenvalue weighted by atomic mass is 16.2. The molecular weight excluding hydrogens is 188 g/mol. The van der Waals surface area contributed by atoms with Gasteiger partial charge in [-0.1, -0.05) is 6.58 Å². The Hall–Kier alpha value is -1.64. The summed E-state index contributed by atoms with van der Waals surface area (Å²) in [4.78, 5) is 17.5. The Morgan fingerprint density at radius 2 is 2.40 bits per heavy atom. The number of carbonyl (C=O) groups is 1. The third-order valence-electron chi connectivity index (χ3n) is 2.72. The lowest BCUT2D eigenvalue weighted by Crippen LogP contribution is -2.34. The van der Waals surface area contributed by atoms with E-state index in [1.165, 1.54) is 17.2 Å². The number of pyridine rings is 1. The molecule has 0 fully saturated rings. The summed E-state index contributed by atoms with van der Waals surface area (Å²) < 4.78 is 0. The van der Waals surface area contributed by atoms with Crippen LogP contribution in [0.15, 0.2) is 24.9 Å². The maximum atomic E-state index is 11.5. The van der Waals surface area contributed by atoms with Gasteiger partial charge in [-0.3, -0.25) is 9.78 Å². The van der Waals surface area contributed by atoms with E-state index in [-0.39, 0.29) is 5.91 Å². The van der Waals surface area contributed by atoms with Crippen molar-refractivity contribution in [2.24, 2.45) is 0 Å². The molecule has 0 atom stereocenters. The van der Waals surface area contributed by atoms with Crippen molar-refractivity contribution in [2.75, 3.05) is 6.54 Å². The predicted molar refractivity (Wildman–Crippen MR) is 58.3 cm³/mol. The van der Waals surface area contributed by atoms with Crippen LogP contribution in [0.4, 0.5) is 0 Å². The first-order valence-corrected chi connectivity index (χ1v) is 5.06. The molecule has 0 unspecified atom stereocenters. The van der Waals surface area contributed by atoms with Gasteiger partial charge in [-0.2, -0.15) is 0 Å². The van der Waals surface area contributed by atoms with Gasteiger partial charge in [0, 0.05) is 25.0 Å². The second-order valence-corrected chi connectivity index (χ2v) is 3.81. The van der Waals surface area contributed by atoms with Crippen molar-refractivity contribution in [1.82, 2.24) is 9.88 Å². The number of carbonyl (C=O) groups excluding carboxylic acids is 1. The molecule has 0 saturated carbocycles. The van der Waals surface area contributed by atoms with Crippen LogP contribution in [0.3, 0.4) is 0 Å². The Morgan fingerprint density at radius 1 is 1.60 bits per heavy atom. The quantitative estimate of drug-likeness (QED) is 0.646. The first-order chi connectivity index (χ1) is 7.20. The third kappa shape index (κ3) is 1.91. The lowest BCUT2D eigenvalue weighted by atomic mass is 10.0. The minimum Gasteiger partial charge on any atom is -0.335 e. The van der Waals surface area contributed by atoms with Crippen LogP contribution in [-0.2, 0) is 17.8 Å². The molecule has 0 aromatic carbocycles. The highest BCUT2D eigenvalue weighted by Gasteiger charge is 2.18. The van der Waals surface area contributed by atoms with Crippen LogP contribution in [0.2, 0.25) is 0 Å². The molecule has 2 heterocycles. The van der Waals surface area contributed by atoms with Crippen LogP contribution in [0, 0.1) is 6.92 Å². The van der Waals surface area contributed by atoms with E-state index in [2.05, 4.69) is 17.6 Å². The van der Waals surface area contributed by atoms with E-state index in [9.17, 15) is 4.79 Å². The summed E-state index contributed by atoms with van der Waals surface area (Å²) in [6, 6.07) is 2.05. The normalized spacial score (nSPS) is 14.6. The van der Waals surface area contributed by atoms with Crippen molar-refractivity contribution in [2.45, 2.75) is 19.9 Å². The fourth-order valence-corrected chi connectivity index (χ4v) is 1.87. The molecule has 1 aromatic heterocycles. The fourth-order valence-electron chi connectivity index (χ4n) is 1.87. The second-order valence-electron chi connectivity index (χ2n) is 3.81. The highest BCUT2D eigenvalue weighted by molar-refractivity contribution is 5.87. The summed E-state index contributed by atoms with van der Waals surface area (Å²) in [7, 11) is 0. The van der Waals surface area contributed by atoms with Crippen molar-refractivity contribution >= 4 is 5.91 Å². The average molecular weight is 202 g/mol. The molecule has 15 heavy (non-hydrogen) atoms. The van der Waals surface area contributed by atoms with Gasteiger partial charge in [0.1, 0.15) is 0 Å². The zero-order chi connectivity index (χ0) is 10.8. The van der Waals surface area contributed by atoms with Crippen LogP contribution < -0.4 is 0 Å². The van der Waals surface area contributed by atoms with E-state index in [1.54, 1.807) is 0 Å². The summed E-state index contributed by atoms with van der Waals surface area (Å²) in [6.45, 7) is 6.92. The minimum absolute atomic E-state index is 0.00937. The van der Waals surface area contributed by atoms with Gasteiger partial charge in [-0.25, -0.2) is 0 Å². The van der Waals surface area contributed by atoms with Gasteiger partial charge in [0.15, 0.2) is 0 Å². The lowest BCUT2D eigenvalue weighted by Gasteiger charge is -2.27. The van der Waals surface area contributed by atoms with Gasteiger partial charge in [-0.05, 0) is 36.6 Å². The van der Waals surface area contributed by atoms with E-state index in [0.29, 0.717) is 6.54 Å². The van der Waals surface area contributed by atoms with Crippen LogP contribution in [0.5, 0.6) is 0 Å². The smallest absolute Gasteiger partial charge is 0.246 e. The predicted octanol–water partition coefficient (Wildman–Crippen LogP) is 1.46. The third-order valence-corrected chi connectivity index (χ3v) is 2.72. The fraction of sp³-hybridized carbons (Fsp3) is 0.333. The molecule has 1 aliphatic heterocycles. The number of rotatable bonds is 1. The van der Waals surface area contributed by atoms with Crippen LogP contribution in [0.25, 0.3) is 0 Å². The van der Waals surface area contributed by atoms with E-state index in [1.807, 2.05) is 18.0 Å². The van der Waals surface area contributed by atoms with Crippen LogP contribution in [-0.4, -0.2) is 22.3 Å². The zero-order valence-electron chi connectivity index (χ0n) is 8.86. The minimum atomic E-state index is 0.00937. The Kier molecular flexibility index (Phi) is 2.54. The standard InChI is InChI=1S/C12H14N2O/c1-3-12(15)14-5-4-10-7-13-9(2)6-11(10)8-14/h3,6-7H,1,4-5,8H2,2H3. The summed E-state index contributed by atoms with van der Waals surface area (Å²) >= 11 is 0. The van der Waals surface area contributed by atoms with Gasteiger partial charge in [-0.15, -0.1) is 0 Å². The first kappa shape index (κ1) is 9.90. The number of fused-ring (bicyclic) bond motifs is 1.